The van der Waals surface area contributed by atoms with E-state index in [1.807, 2.05) is 18.2 Å². The van der Waals surface area contributed by atoms with E-state index in [9.17, 15) is 36.6 Å². The van der Waals surface area contributed by atoms with Crippen LogP contribution in [0.2, 0.25) is 5.02 Å². The van der Waals surface area contributed by atoms with E-state index in [-0.39, 0.29) is 29.4 Å². The number of phenolic OH excluding ortho intramolecular Hbond substituents is 1. The number of nitrogens with zero attached hydrogens (tertiary/aromatic N) is 1. The number of rotatable bonds is 7. The number of piperidine rings is 1. The molecule has 1 fully saturated rings. The Morgan fingerprint density at radius 2 is 1.83 bits per heavy atom. The third kappa shape index (κ3) is 9.82. The number of sulfonamides is 1. The van der Waals surface area contributed by atoms with Gasteiger partial charge in [0, 0.05) is 50.0 Å². The van der Waals surface area contributed by atoms with Gasteiger partial charge in [0.2, 0.25) is 10.0 Å². The number of hydrogen-bond donors (Lipinski definition) is 5. The largest absolute Gasteiger partial charge is 0.508 e. The van der Waals surface area contributed by atoms with Gasteiger partial charge in [-0.1, -0.05) is 11.6 Å². The number of aliphatic carboxylic acids is 1. The molecule has 232 valence electrons. The number of phenols is 1. The van der Waals surface area contributed by atoms with Crippen LogP contribution < -0.4 is 19.5 Å². The molecule has 17 heteroatoms. The second-order valence-corrected chi connectivity index (χ2v) is 12.0. The van der Waals surface area contributed by atoms with Crippen molar-refractivity contribution in [2.45, 2.75) is 37.1 Å². The first-order valence-corrected chi connectivity index (χ1v) is 14.6. The maximum absolute atomic E-state index is 11.9. The van der Waals surface area contributed by atoms with Gasteiger partial charge in [0.1, 0.15) is 35.6 Å². The van der Waals surface area contributed by atoms with E-state index < -0.39 is 34.3 Å². The van der Waals surface area contributed by atoms with Crippen molar-refractivity contribution >= 4 is 39.3 Å². The lowest BCUT2D eigenvalue weighted by Crippen LogP contribution is -2.49. The summed E-state index contributed by atoms with van der Waals surface area (Å²) >= 11 is 6.11. The van der Waals surface area contributed by atoms with Crippen molar-refractivity contribution < 1.29 is 56.0 Å². The van der Waals surface area contributed by atoms with E-state index in [4.69, 9.17) is 31.0 Å². The number of β-amino-alcohol motifs (C(OH)–C–C–N with tert-alkyl or cyclic N) is 1. The minimum absolute atomic E-state index is 0.0894. The van der Waals surface area contributed by atoms with Crippen LogP contribution in [0.3, 0.4) is 0 Å². The van der Waals surface area contributed by atoms with Crippen molar-refractivity contribution in [1.29, 1.82) is 0 Å². The van der Waals surface area contributed by atoms with Crippen LogP contribution in [0, 0.1) is 0 Å². The second kappa shape index (κ2) is 13.2. The molecule has 0 radical (unpaired) electrons. The van der Waals surface area contributed by atoms with Gasteiger partial charge in [0.05, 0.1) is 11.9 Å². The number of carbonyl (C=O) groups excluding carboxylic acids is 1. The molecule has 0 aliphatic carbocycles. The van der Waals surface area contributed by atoms with E-state index in [0.29, 0.717) is 11.6 Å². The number of nitrogens with one attached hydrogen (secondary N) is 2. The Morgan fingerprint density at radius 1 is 1.19 bits per heavy atom. The van der Waals surface area contributed by atoms with Crippen LogP contribution in [0.1, 0.15) is 18.4 Å². The number of amides is 2. The van der Waals surface area contributed by atoms with Crippen molar-refractivity contribution in [2.75, 3.05) is 37.8 Å². The van der Waals surface area contributed by atoms with E-state index >= 15 is 0 Å². The highest BCUT2D eigenvalue weighted by Gasteiger charge is 2.42. The predicted octanol–water partition coefficient (Wildman–Crippen LogP) is 2.97. The van der Waals surface area contributed by atoms with Gasteiger partial charge >= 0.3 is 18.2 Å². The molecule has 4 rings (SSSR count). The van der Waals surface area contributed by atoms with Gasteiger partial charge < -0.3 is 35.0 Å². The predicted molar refractivity (Wildman–Crippen MR) is 144 cm³/mol. The zero-order valence-electron chi connectivity index (χ0n) is 22.1. The summed E-state index contributed by atoms with van der Waals surface area (Å²) in [7, 11) is -3.75. The highest BCUT2D eigenvalue weighted by atomic mass is 35.5. The number of aromatic hydroxyl groups is 1. The average Bonchev–Trinajstić information content (AvgIpc) is 3.21. The SMILES string of the molecule is CS(=O)(=O)NC(=O)Nc1ccc(O)cc1OC[C@@H](O)CN1CCC2(CC1)Cc1cc(Cl)ccc1O2.O=C(O)C(F)(F)F. The number of aliphatic hydroxyl groups excluding tert-OH is 1. The maximum atomic E-state index is 11.9. The molecule has 12 nitrogen and oxygen atoms in total. The fourth-order valence-corrected chi connectivity index (χ4v) is 4.99. The molecule has 2 heterocycles. The number of alkyl halides is 3. The molecule has 2 aliphatic heterocycles. The number of carbonyl (C=O) groups is 2. The number of carboxylic acid groups (broad SMARTS) is 1. The molecular weight excluding hydrogens is 611 g/mol. The van der Waals surface area contributed by atoms with Gasteiger partial charge in [-0.3, -0.25) is 0 Å². The Labute approximate surface area is 244 Å². The third-order valence-corrected chi connectivity index (χ3v) is 7.05. The maximum Gasteiger partial charge on any atom is 0.490 e. The number of ether oxygens (including phenoxy) is 2. The Bertz CT molecular complexity index is 1400. The topological polar surface area (TPSA) is 175 Å². The lowest BCUT2D eigenvalue weighted by Gasteiger charge is -2.39. The molecule has 2 aliphatic rings. The summed E-state index contributed by atoms with van der Waals surface area (Å²) in [6, 6.07) is 8.69. The molecule has 2 amide bonds. The van der Waals surface area contributed by atoms with Gasteiger partial charge in [-0.2, -0.15) is 13.2 Å². The lowest BCUT2D eigenvalue weighted by atomic mass is 9.87. The van der Waals surface area contributed by atoms with E-state index in [0.717, 1.165) is 49.9 Å². The first-order valence-electron chi connectivity index (χ1n) is 12.4. The van der Waals surface area contributed by atoms with Gasteiger partial charge in [-0.15, -0.1) is 0 Å². The smallest absolute Gasteiger partial charge is 0.490 e. The summed E-state index contributed by atoms with van der Waals surface area (Å²) in [5.74, 6) is -1.88. The monoisotopic (exact) mass is 639 g/mol. The molecule has 0 saturated carbocycles. The summed E-state index contributed by atoms with van der Waals surface area (Å²) in [5, 5.41) is 30.5. The molecule has 0 aromatic heterocycles. The number of likely N-dealkylation sites (tertiary alicyclic amines) is 1. The Hall–Kier alpha value is -3.47. The molecule has 1 saturated heterocycles. The molecule has 2 aromatic carbocycles. The van der Waals surface area contributed by atoms with Crippen LogP contribution in [0.25, 0.3) is 0 Å². The van der Waals surface area contributed by atoms with Crippen LogP contribution in [-0.2, 0) is 21.2 Å². The summed E-state index contributed by atoms with van der Waals surface area (Å²) < 4.78 is 67.9. The van der Waals surface area contributed by atoms with E-state index in [2.05, 4.69) is 10.2 Å². The fraction of sp³-hybridized carbons (Fsp3) is 0.440. The van der Waals surface area contributed by atoms with Crippen molar-refractivity contribution in [2.24, 2.45) is 0 Å². The van der Waals surface area contributed by atoms with E-state index in [1.165, 1.54) is 18.2 Å². The normalized spacial score (nSPS) is 16.8. The quantitative estimate of drug-likeness (QED) is 0.283. The first kappa shape index (κ1) is 33.0. The van der Waals surface area contributed by atoms with Crippen LogP contribution in [0.15, 0.2) is 36.4 Å². The zero-order chi connectivity index (χ0) is 31.3. The van der Waals surface area contributed by atoms with Crippen LogP contribution in [-0.4, -0.2) is 91.0 Å². The van der Waals surface area contributed by atoms with Gasteiger partial charge in [-0.25, -0.2) is 22.7 Å². The van der Waals surface area contributed by atoms with Gasteiger partial charge in [0.25, 0.3) is 0 Å². The van der Waals surface area contributed by atoms with Crippen LogP contribution in [0.5, 0.6) is 17.2 Å². The Morgan fingerprint density at radius 3 is 2.43 bits per heavy atom. The molecule has 0 unspecified atom stereocenters. The number of halogens is 4. The highest BCUT2D eigenvalue weighted by Crippen LogP contribution is 2.42. The second-order valence-electron chi connectivity index (χ2n) is 9.79. The summed E-state index contributed by atoms with van der Waals surface area (Å²) in [5.41, 5.74) is 1.04. The van der Waals surface area contributed by atoms with Crippen LogP contribution >= 0.6 is 11.6 Å². The molecule has 2 aromatic rings. The molecule has 1 spiro atoms. The van der Waals surface area contributed by atoms with Crippen LogP contribution in [0.4, 0.5) is 23.7 Å². The van der Waals surface area contributed by atoms with Crippen molar-refractivity contribution in [3.63, 3.8) is 0 Å². The minimum Gasteiger partial charge on any atom is -0.508 e. The number of aliphatic hydroxyl groups is 1. The summed E-state index contributed by atoms with van der Waals surface area (Å²) in [6.07, 6.45) is -2.59. The number of hydrogen-bond acceptors (Lipinski definition) is 9. The van der Waals surface area contributed by atoms with E-state index in [1.54, 1.807) is 4.72 Å². The third-order valence-electron chi connectivity index (χ3n) is 6.26. The average molecular weight is 640 g/mol. The molecule has 5 N–H and O–H groups in total. The Kier molecular flexibility index (Phi) is 10.4. The molecule has 0 bridgehead atoms. The first-order chi connectivity index (χ1) is 19.4. The van der Waals surface area contributed by atoms with Crippen molar-refractivity contribution in [1.82, 2.24) is 9.62 Å². The van der Waals surface area contributed by atoms with Crippen molar-refractivity contribution in [3.05, 3.63) is 47.0 Å². The Balaban J connectivity index is 0.000000616. The van der Waals surface area contributed by atoms with Crippen molar-refractivity contribution in [3.8, 4) is 17.2 Å². The molecule has 1 atom stereocenters. The number of urea groups is 1. The lowest BCUT2D eigenvalue weighted by molar-refractivity contribution is -0.192. The minimum atomic E-state index is -5.08. The van der Waals surface area contributed by atoms with Gasteiger partial charge in [-0.05, 0) is 35.9 Å². The zero-order valence-corrected chi connectivity index (χ0v) is 23.7. The number of carboxylic acids is 1. The fourth-order valence-electron chi connectivity index (χ4n) is 4.41. The number of anilines is 1. The number of fused-ring (bicyclic) bond motifs is 1. The number of benzene rings is 2. The molecule has 42 heavy (non-hydrogen) atoms. The molecular formula is C25H29ClF3N3O9S. The summed E-state index contributed by atoms with van der Waals surface area (Å²) in [4.78, 5) is 22.9. The van der Waals surface area contributed by atoms with Gasteiger partial charge in [0.15, 0.2) is 0 Å². The summed E-state index contributed by atoms with van der Waals surface area (Å²) in [6.45, 7) is 1.80. The highest BCUT2D eigenvalue weighted by molar-refractivity contribution is 7.89. The standard InChI is InChI=1S/C23H28ClN3O7S.C2HF3O2/c1-35(31,32)26-22(30)25-19-4-3-17(28)11-21(19)33-14-18(29)13-27-8-6-23(7-9-27)12-15-10-16(24)2-5-20(15)34-23;3-2(4,5)1(6)7/h2-5,10-11,18,28-29H,6-9,12-14H2,1H3,(H2,25,26,30);(H,6,7)/t18-;/m0./s1.